The normalized spacial score (nSPS) is 40.6. The summed E-state index contributed by atoms with van der Waals surface area (Å²) in [6.07, 6.45) is 1.46. The molecule has 1 spiro atoms. The van der Waals surface area contributed by atoms with E-state index in [2.05, 4.69) is 6.58 Å². The summed E-state index contributed by atoms with van der Waals surface area (Å²) in [7, 11) is 0. The van der Waals surface area contributed by atoms with Gasteiger partial charge in [0.2, 0.25) is 0 Å². The van der Waals surface area contributed by atoms with E-state index >= 15 is 0 Å². The SMILES string of the molecule is C=C1C(=O)O[C@H]2[C@H]1[C@@H](OC(=O)C(C)C)C[C@@]1(C)[C@@H](OC(=O)/C(=C\C)CO)CC[C@@]3(CO3)[C@H]21. The van der Waals surface area contributed by atoms with Crippen LogP contribution in [0, 0.1) is 23.2 Å². The molecule has 1 N–H and O–H groups in total. The van der Waals surface area contributed by atoms with Crippen LogP contribution < -0.4 is 0 Å². The van der Waals surface area contributed by atoms with Crippen LogP contribution in [0.5, 0.6) is 0 Å². The second-order valence-corrected chi connectivity index (χ2v) is 10.00. The summed E-state index contributed by atoms with van der Waals surface area (Å²) in [5.74, 6) is -2.43. The summed E-state index contributed by atoms with van der Waals surface area (Å²) < 4.78 is 23.5. The first-order valence-corrected chi connectivity index (χ1v) is 11.3. The van der Waals surface area contributed by atoms with Crippen LogP contribution in [0.15, 0.2) is 23.8 Å². The van der Waals surface area contributed by atoms with Gasteiger partial charge in [-0.25, -0.2) is 9.59 Å². The zero-order valence-electron chi connectivity index (χ0n) is 19.1. The average Bonchev–Trinajstić information content (AvgIpc) is 3.43. The molecule has 2 aliphatic heterocycles. The van der Waals surface area contributed by atoms with E-state index in [-0.39, 0.29) is 23.4 Å². The molecule has 2 heterocycles. The summed E-state index contributed by atoms with van der Waals surface area (Å²) in [6, 6.07) is 0. The first kappa shape index (κ1) is 23.0. The summed E-state index contributed by atoms with van der Waals surface area (Å²) in [5.41, 5.74) is -0.610. The highest BCUT2D eigenvalue weighted by molar-refractivity contribution is 5.91. The molecular formula is C24H32O8. The van der Waals surface area contributed by atoms with Gasteiger partial charge < -0.3 is 24.1 Å². The fourth-order valence-corrected chi connectivity index (χ4v) is 5.96. The Bertz CT molecular complexity index is 869. The van der Waals surface area contributed by atoms with Gasteiger partial charge >= 0.3 is 17.9 Å². The minimum atomic E-state index is -0.660. The highest BCUT2D eigenvalue weighted by atomic mass is 16.6. The third-order valence-electron chi connectivity index (χ3n) is 7.76. The van der Waals surface area contributed by atoms with Gasteiger partial charge in [0.1, 0.15) is 18.3 Å². The molecule has 2 aliphatic carbocycles. The van der Waals surface area contributed by atoms with Crippen LogP contribution in [-0.4, -0.2) is 60.1 Å². The molecule has 0 aromatic carbocycles. The van der Waals surface area contributed by atoms with E-state index in [1.165, 1.54) is 6.08 Å². The fourth-order valence-electron chi connectivity index (χ4n) is 5.96. The van der Waals surface area contributed by atoms with Crippen LogP contribution >= 0.6 is 0 Å². The van der Waals surface area contributed by atoms with Crippen molar-refractivity contribution in [2.75, 3.05) is 13.2 Å². The van der Waals surface area contributed by atoms with E-state index in [9.17, 15) is 19.5 Å². The molecule has 8 heteroatoms. The number of rotatable bonds is 5. The summed E-state index contributed by atoms with van der Waals surface area (Å²) in [4.78, 5) is 37.7. The van der Waals surface area contributed by atoms with Crippen molar-refractivity contribution in [3.63, 3.8) is 0 Å². The Morgan fingerprint density at radius 1 is 1.34 bits per heavy atom. The number of hydrogen-bond donors (Lipinski definition) is 1. The minimum Gasteiger partial charge on any atom is -0.461 e. The van der Waals surface area contributed by atoms with Crippen molar-refractivity contribution in [2.24, 2.45) is 23.2 Å². The molecule has 8 nitrogen and oxygen atoms in total. The predicted molar refractivity (Wildman–Crippen MR) is 112 cm³/mol. The van der Waals surface area contributed by atoms with E-state index in [4.69, 9.17) is 18.9 Å². The number of epoxide rings is 1. The van der Waals surface area contributed by atoms with Crippen molar-refractivity contribution < 1.29 is 38.4 Å². The predicted octanol–water partition coefficient (Wildman–Crippen LogP) is 2.09. The number of fused-ring (bicyclic) bond motifs is 4. The molecule has 0 aromatic rings. The van der Waals surface area contributed by atoms with Crippen LogP contribution in [0.3, 0.4) is 0 Å². The highest BCUT2D eigenvalue weighted by Crippen LogP contribution is 2.64. The molecule has 4 rings (SSSR count). The van der Waals surface area contributed by atoms with Crippen LogP contribution in [0.2, 0.25) is 0 Å². The van der Waals surface area contributed by atoms with Crippen molar-refractivity contribution in [1.82, 2.24) is 0 Å². The first-order chi connectivity index (χ1) is 15.1. The standard InChI is InChI=1S/C24H32O8/c1-6-14(10-25)22(28)31-16-7-8-24(11-29-24)19-18-17(13(4)21(27)32-18)15(9-23(16,19)5)30-20(26)12(2)3/h6,12,15-19,25H,4,7-11H2,1-3,5H3/b14-6-/t15-,16-,17+,18-,19+,23-,24+/m0/s1. The minimum absolute atomic E-state index is 0.185. The van der Waals surface area contributed by atoms with Gasteiger partial charge in [0.25, 0.3) is 0 Å². The summed E-state index contributed by atoms with van der Waals surface area (Å²) >= 11 is 0. The smallest absolute Gasteiger partial charge is 0.336 e. The maximum Gasteiger partial charge on any atom is 0.336 e. The van der Waals surface area contributed by atoms with Crippen LogP contribution in [0.1, 0.15) is 47.0 Å². The van der Waals surface area contributed by atoms with E-state index in [0.717, 1.165) is 0 Å². The maximum absolute atomic E-state index is 12.7. The lowest BCUT2D eigenvalue weighted by Crippen LogP contribution is -2.63. The number of esters is 3. The largest absolute Gasteiger partial charge is 0.461 e. The lowest BCUT2D eigenvalue weighted by atomic mass is 9.51. The number of hydrogen-bond acceptors (Lipinski definition) is 8. The number of allylic oxidation sites excluding steroid dienone is 1. The molecule has 0 amide bonds. The molecule has 2 saturated heterocycles. The molecule has 176 valence electrons. The maximum atomic E-state index is 12.7. The van der Waals surface area contributed by atoms with Gasteiger partial charge in [-0.05, 0) is 26.2 Å². The lowest BCUT2D eigenvalue weighted by molar-refractivity contribution is -0.210. The molecule has 0 unspecified atom stereocenters. The number of carbonyl (C=O) groups is 3. The van der Waals surface area contributed by atoms with E-state index in [1.54, 1.807) is 20.8 Å². The van der Waals surface area contributed by atoms with Crippen molar-refractivity contribution in [3.05, 3.63) is 23.8 Å². The summed E-state index contributed by atoms with van der Waals surface area (Å²) in [5, 5.41) is 9.48. The molecule has 0 radical (unpaired) electrons. The second-order valence-electron chi connectivity index (χ2n) is 10.00. The van der Waals surface area contributed by atoms with Gasteiger partial charge in [-0.3, -0.25) is 4.79 Å². The Morgan fingerprint density at radius 2 is 2.03 bits per heavy atom. The van der Waals surface area contributed by atoms with Crippen LogP contribution in [0.4, 0.5) is 0 Å². The van der Waals surface area contributed by atoms with E-state index in [0.29, 0.717) is 31.4 Å². The quantitative estimate of drug-likeness (QED) is 0.295. The Balaban J connectivity index is 1.71. The van der Waals surface area contributed by atoms with Gasteiger partial charge in [-0.1, -0.05) is 33.4 Å². The lowest BCUT2D eigenvalue weighted by Gasteiger charge is -2.56. The molecule has 7 atom stereocenters. The Kier molecular flexibility index (Phi) is 5.74. The van der Waals surface area contributed by atoms with Gasteiger partial charge in [0.15, 0.2) is 0 Å². The van der Waals surface area contributed by atoms with Crippen LogP contribution in [0.25, 0.3) is 0 Å². The van der Waals surface area contributed by atoms with E-state index in [1.807, 2.05) is 6.92 Å². The second kappa shape index (κ2) is 7.99. The zero-order chi connectivity index (χ0) is 23.4. The molecule has 0 aromatic heterocycles. The van der Waals surface area contributed by atoms with Gasteiger partial charge in [-0.2, -0.15) is 0 Å². The highest BCUT2D eigenvalue weighted by Gasteiger charge is 2.72. The average molecular weight is 449 g/mol. The van der Waals surface area contributed by atoms with Crippen molar-refractivity contribution in [2.45, 2.75) is 70.9 Å². The third kappa shape index (κ3) is 3.48. The topological polar surface area (TPSA) is 112 Å². The number of aliphatic hydroxyl groups is 1. The molecule has 2 saturated carbocycles. The molecular weight excluding hydrogens is 416 g/mol. The summed E-state index contributed by atoms with van der Waals surface area (Å²) in [6.45, 7) is 11.2. The number of carbonyl (C=O) groups excluding carboxylic acids is 3. The van der Waals surface area contributed by atoms with Gasteiger partial charge in [0, 0.05) is 16.9 Å². The third-order valence-corrected chi connectivity index (χ3v) is 7.76. The zero-order valence-corrected chi connectivity index (χ0v) is 19.1. The van der Waals surface area contributed by atoms with Crippen molar-refractivity contribution in [3.8, 4) is 0 Å². The number of ether oxygens (including phenoxy) is 4. The Morgan fingerprint density at radius 3 is 2.59 bits per heavy atom. The van der Waals surface area contributed by atoms with E-state index < -0.39 is 53.8 Å². The number of aliphatic hydroxyl groups excluding tert-OH is 1. The molecule has 4 aliphatic rings. The first-order valence-electron chi connectivity index (χ1n) is 11.3. The van der Waals surface area contributed by atoms with Crippen molar-refractivity contribution in [1.29, 1.82) is 0 Å². The monoisotopic (exact) mass is 448 g/mol. The Hall–Kier alpha value is -2.19. The van der Waals surface area contributed by atoms with Crippen molar-refractivity contribution >= 4 is 17.9 Å². The fraction of sp³-hybridized carbons (Fsp3) is 0.708. The van der Waals surface area contributed by atoms with Gasteiger partial charge in [0.05, 0.1) is 36.2 Å². The van der Waals surface area contributed by atoms with Crippen LogP contribution in [-0.2, 0) is 33.3 Å². The molecule has 0 bridgehead atoms. The molecule has 32 heavy (non-hydrogen) atoms. The Labute approximate surface area is 187 Å². The molecule has 4 fully saturated rings. The van der Waals surface area contributed by atoms with Gasteiger partial charge in [-0.15, -0.1) is 0 Å².